The number of carboxylic acids is 1. The number of aliphatic imine (C=N–C) groups is 1. The topological polar surface area (TPSA) is 78.5 Å². The molecule has 0 aromatic rings. The van der Waals surface area contributed by atoms with E-state index in [-0.39, 0.29) is 11.0 Å². The molecule has 0 fully saturated rings. The van der Waals surface area contributed by atoms with Crippen molar-refractivity contribution >= 4 is 11.8 Å². The number of carbonyl (C=O) groups is 1. The second-order valence-corrected chi connectivity index (χ2v) is 6.84. The van der Waals surface area contributed by atoms with E-state index in [4.69, 9.17) is 5.73 Å². The van der Waals surface area contributed by atoms with Crippen LogP contribution in [0.15, 0.2) is 29.5 Å². The van der Waals surface area contributed by atoms with Crippen molar-refractivity contribution in [2.75, 3.05) is 19.6 Å². The van der Waals surface area contributed by atoms with Crippen LogP contribution < -0.4 is 10.8 Å². The molecule has 0 radical (unpaired) electrons. The smallest absolute Gasteiger partial charge is 0.207 e. The van der Waals surface area contributed by atoms with Crippen molar-refractivity contribution in [2.24, 2.45) is 10.7 Å². The van der Waals surface area contributed by atoms with Crippen LogP contribution in [0.4, 0.5) is 0 Å². The second kappa shape index (κ2) is 12.8. The van der Waals surface area contributed by atoms with Crippen molar-refractivity contribution < 1.29 is 14.4 Å². The first-order valence-corrected chi connectivity index (χ1v) is 9.81. The first-order chi connectivity index (χ1) is 12.1. The Balaban J connectivity index is 2.20. The molecule has 1 rings (SSSR count). The molecule has 1 aliphatic heterocycles. The van der Waals surface area contributed by atoms with Crippen LogP contribution in [0.2, 0.25) is 0 Å². The first-order valence-electron chi connectivity index (χ1n) is 9.81. The summed E-state index contributed by atoms with van der Waals surface area (Å²) < 4.78 is 0.233. The van der Waals surface area contributed by atoms with Gasteiger partial charge >= 0.3 is 0 Å². The number of amidine groups is 1. The number of hydrogen-bond acceptors (Lipinski definition) is 4. The third-order valence-electron chi connectivity index (χ3n) is 4.69. The van der Waals surface area contributed by atoms with Gasteiger partial charge in [0, 0.05) is 13.0 Å². The maximum Gasteiger partial charge on any atom is 0.207 e. The largest absolute Gasteiger partial charge is 0.544 e. The van der Waals surface area contributed by atoms with Gasteiger partial charge in [-0.05, 0) is 32.1 Å². The van der Waals surface area contributed by atoms with Crippen molar-refractivity contribution in [3.05, 3.63) is 24.6 Å². The number of aliphatic carboxylic acids is 1. The highest BCUT2D eigenvalue weighted by Crippen LogP contribution is 2.20. The number of nitrogens with zero attached hydrogens (tertiary/aromatic N) is 2. The molecule has 0 bridgehead atoms. The molecule has 1 heterocycles. The van der Waals surface area contributed by atoms with Crippen LogP contribution in [0.3, 0.4) is 0 Å². The summed E-state index contributed by atoms with van der Waals surface area (Å²) in [7, 11) is 0. The van der Waals surface area contributed by atoms with Crippen LogP contribution in [0.25, 0.3) is 0 Å². The maximum absolute atomic E-state index is 11.1. The molecule has 1 unspecified atom stereocenters. The molecule has 5 heteroatoms. The molecule has 2 N–H and O–H groups in total. The van der Waals surface area contributed by atoms with Gasteiger partial charge < -0.3 is 15.6 Å². The van der Waals surface area contributed by atoms with E-state index in [1.54, 1.807) is 6.20 Å². The molecule has 0 aromatic carbocycles. The van der Waals surface area contributed by atoms with Gasteiger partial charge in [0.25, 0.3) is 0 Å². The minimum atomic E-state index is -1.06. The Labute approximate surface area is 152 Å². The highest BCUT2D eigenvalue weighted by Gasteiger charge is 2.34. The molecule has 1 atom stereocenters. The Morgan fingerprint density at radius 2 is 1.84 bits per heavy atom. The number of unbranched alkanes of at least 4 members (excludes halogenated alkanes) is 7. The lowest BCUT2D eigenvalue weighted by Gasteiger charge is -2.32. The molecule has 1 aliphatic rings. The molecule has 142 valence electrons. The normalized spacial score (nSPS) is 19.7. The third-order valence-corrected chi connectivity index (χ3v) is 4.69. The number of hydrogen-bond donors (Lipinski definition) is 1. The summed E-state index contributed by atoms with van der Waals surface area (Å²) in [6, 6.07) is 0. The standard InChI is InChI=1S/C20H35N3O2/c1-2-3-4-5-6-7-8-9-10-11-12-13-19-22-15-17-23(19,16-14-21)18-20(24)25/h7-8,15,17H,2-6,9-14,16,18,21H2,1H3/b8-7+. The first kappa shape index (κ1) is 21.6. The zero-order valence-corrected chi connectivity index (χ0v) is 15.8. The lowest BCUT2D eigenvalue weighted by molar-refractivity contribution is -0.780. The fourth-order valence-corrected chi connectivity index (χ4v) is 3.27. The predicted molar refractivity (Wildman–Crippen MR) is 102 cm³/mol. The van der Waals surface area contributed by atoms with E-state index in [9.17, 15) is 9.90 Å². The van der Waals surface area contributed by atoms with Crippen molar-refractivity contribution in [3.63, 3.8) is 0 Å². The van der Waals surface area contributed by atoms with Gasteiger partial charge in [0.1, 0.15) is 19.3 Å². The van der Waals surface area contributed by atoms with Gasteiger partial charge in [-0.25, -0.2) is 9.48 Å². The highest BCUT2D eigenvalue weighted by molar-refractivity contribution is 5.80. The van der Waals surface area contributed by atoms with Crippen molar-refractivity contribution in [1.82, 2.24) is 0 Å². The fraction of sp³-hybridized carbons (Fsp3) is 0.700. The summed E-state index contributed by atoms with van der Waals surface area (Å²) in [4.78, 5) is 15.5. The summed E-state index contributed by atoms with van der Waals surface area (Å²) in [5.74, 6) is -0.155. The third kappa shape index (κ3) is 8.45. The lowest BCUT2D eigenvalue weighted by Crippen LogP contribution is -2.55. The molecule has 25 heavy (non-hydrogen) atoms. The Kier molecular flexibility index (Phi) is 11.1. The predicted octanol–water partition coefficient (Wildman–Crippen LogP) is 2.87. The summed E-state index contributed by atoms with van der Waals surface area (Å²) in [5, 5.41) is 11.1. The van der Waals surface area contributed by atoms with Crippen LogP contribution in [-0.4, -0.2) is 35.9 Å². The number of nitrogens with two attached hydrogens (primary N) is 1. The molecule has 0 saturated heterocycles. The van der Waals surface area contributed by atoms with Crippen molar-refractivity contribution in [1.29, 1.82) is 0 Å². The van der Waals surface area contributed by atoms with E-state index < -0.39 is 5.97 Å². The lowest BCUT2D eigenvalue weighted by atomic mass is 10.1. The number of carboxylic acid groups (broad SMARTS) is 1. The zero-order chi connectivity index (χ0) is 18.4. The maximum atomic E-state index is 11.1. The second-order valence-electron chi connectivity index (χ2n) is 6.84. The van der Waals surface area contributed by atoms with Crippen LogP contribution in [0, 0.1) is 0 Å². The summed E-state index contributed by atoms with van der Waals surface area (Å²) >= 11 is 0. The average molecular weight is 350 g/mol. The van der Waals surface area contributed by atoms with E-state index in [2.05, 4.69) is 24.1 Å². The number of carbonyl (C=O) groups excluding carboxylic acids is 1. The van der Waals surface area contributed by atoms with Crippen LogP contribution in [-0.2, 0) is 4.79 Å². The molecule has 0 aromatic heterocycles. The van der Waals surface area contributed by atoms with E-state index in [0.29, 0.717) is 13.1 Å². The van der Waals surface area contributed by atoms with Crippen molar-refractivity contribution in [2.45, 2.75) is 71.1 Å². The van der Waals surface area contributed by atoms with Crippen LogP contribution in [0.1, 0.15) is 71.1 Å². The summed E-state index contributed by atoms with van der Waals surface area (Å²) in [5.41, 5.74) is 5.67. The SMILES string of the molecule is CCCCCC/C=C/CCCCCC1=NC=C[N+]1(CCN)CC(=O)[O-]. The molecular formula is C20H35N3O2. The number of quaternary nitrogens is 1. The van der Waals surface area contributed by atoms with E-state index in [1.807, 2.05) is 6.20 Å². The highest BCUT2D eigenvalue weighted by atomic mass is 16.4. The van der Waals surface area contributed by atoms with Gasteiger partial charge in [0.2, 0.25) is 5.84 Å². The van der Waals surface area contributed by atoms with Gasteiger partial charge in [-0.3, -0.25) is 0 Å². The minimum Gasteiger partial charge on any atom is -0.544 e. The minimum absolute atomic E-state index is 0.0761. The number of rotatable bonds is 15. The van der Waals surface area contributed by atoms with Gasteiger partial charge in [0.15, 0.2) is 0 Å². The van der Waals surface area contributed by atoms with Crippen LogP contribution >= 0.6 is 0 Å². The van der Waals surface area contributed by atoms with Crippen molar-refractivity contribution in [3.8, 4) is 0 Å². The zero-order valence-electron chi connectivity index (χ0n) is 15.8. The van der Waals surface area contributed by atoms with Gasteiger partial charge in [-0.2, -0.15) is 0 Å². The van der Waals surface area contributed by atoms with E-state index >= 15 is 0 Å². The molecule has 0 amide bonds. The van der Waals surface area contributed by atoms with E-state index in [1.165, 1.54) is 38.5 Å². The summed E-state index contributed by atoms with van der Waals surface area (Å²) in [6.45, 7) is 3.15. The molecular weight excluding hydrogens is 314 g/mol. The van der Waals surface area contributed by atoms with Gasteiger partial charge in [-0.15, -0.1) is 0 Å². The molecule has 0 saturated carbocycles. The Bertz CT molecular complexity index is 472. The average Bonchev–Trinajstić information content (AvgIpc) is 2.94. The Morgan fingerprint density at radius 3 is 2.44 bits per heavy atom. The molecule has 5 nitrogen and oxygen atoms in total. The molecule has 0 spiro atoms. The quantitative estimate of drug-likeness (QED) is 0.280. The monoisotopic (exact) mass is 349 g/mol. The Morgan fingerprint density at radius 1 is 1.16 bits per heavy atom. The summed E-state index contributed by atoms with van der Waals surface area (Å²) in [6.07, 6.45) is 19.9. The molecule has 0 aliphatic carbocycles. The fourth-order valence-electron chi connectivity index (χ4n) is 3.27. The number of allylic oxidation sites excluding steroid dienone is 2. The Hall–Kier alpha value is -1.46. The van der Waals surface area contributed by atoms with Crippen LogP contribution in [0.5, 0.6) is 0 Å². The van der Waals surface area contributed by atoms with Gasteiger partial charge in [-0.1, -0.05) is 44.8 Å². The van der Waals surface area contributed by atoms with Gasteiger partial charge in [0.05, 0.1) is 12.2 Å². The van der Waals surface area contributed by atoms with E-state index in [0.717, 1.165) is 31.5 Å².